The molecule has 0 radical (unpaired) electrons. The van der Waals surface area contributed by atoms with Crippen molar-refractivity contribution in [3.63, 3.8) is 0 Å². The summed E-state index contributed by atoms with van der Waals surface area (Å²) in [7, 11) is 0. The molecule has 2 rings (SSSR count). The summed E-state index contributed by atoms with van der Waals surface area (Å²) in [6.45, 7) is 30.3. The SMILES string of the molecule is CC(C)(C)c1cc(CCCN(CCCCCCN)CCCc2cc(C(C)(C)C)c(O)c(C(C)(C)C)c2)cc(C(C)(C)C)c1O. The van der Waals surface area contributed by atoms with E-state index in [-0.39, 0.29) is 21.7 Å². The first-order chi connectivity index (χ1) is 20.2. The van der Waals surface area contributed by atoms with Gasteiger partial charge in [0, 0.05) is 0 Å². The van der Waals surface area contributed by atoms with Crippen LogP contribution in [0.3, 0.4) is 0 Å². The molecule has 4 nitrogen and oxygen atoms in total. The minimum atomic E-state index is -0.108. The average molecular weight is 609 g/mol. The van der Waals surface area contributed by atoms with Crippen molar-refractivity contribution in [1.29, 1.82) is 0 Å². The van der Waals surface area contributed by atoms with Crippen LogP contribution in [0.15, 0.2) is 24.3 Å². The Balaban J connectivity index is 2.19. The zero-order chi connectivity index (χ0) is 33.5. The zero-order valence-corrected chi connectivity index (χ0v) is 30.7. The van der Waals surface area contributed by atoms with E-state index in [1.807, 2.05) is 0 Å². The van der Waals surface area contributed by atoms with Crippen LogP contribution in [0.1, 0.15) is 155 Å². The molecule has 0 fully saturated rings. The molecule has 0 bridgehead atoms. The molecule has 4 heteroatoms. The number of unbranched alkanes of at least 4 members (excludes halogenated alkanes) is 3. The van der Waals surface area contributed by atoms with Crippen molar-refractivity contribution in [2.24, 2.45) is 5.73 Å². The summed E-state index contributed by atoms with van der Waals surface area (Å²) >= 11 is 0. The number of rotatable bonds is 14. The molecule has 0 atom stereocenters. The molecule has 0 spiro atoms. The third kappa shape index (κ3) is 11.4. The topological polar surface area (TPSA) is 69.7 Å². The maximum absolute atomic E-state index is 11.2. The number of benzene rings is 2. The van der Waals surface area contributed by atoms with Gasteiger partial charge in [-0.1, -0.05) is 120 Å². The first kappa shape index (κ1) is 38.1. The summed E-state index contributed by atoms with van der Waals surface area (Å²) in [4.78, 5) is 2.66. The van der Waals surface area contributed by atoms with Crippen molar-refractivity contribution in [3.05, 3.63) is 57.6 Å². The van der Waals surface area contributed by atoms with Crippen molar-refractivity contribution in [1.82, 2.24) is 4.90 Å². The van der Waals surface area contributed by atoms with Gasteiger partial charge in [-0.2, -0.15) is 0 Å². The number of nitrogens with two attached hydrogens (primary N) is 1. The third-order valence-corrected chi connectivity index (χ3v) is 8.88. The number of hydrogen-bond acceptors (Lipinski definition) is 4. The van der Waals surface area contributed by atoms with Crippen molar-refractivity contribution in [3.8, 4) is 11.5 Å². The van der Waals surface area contributed by atoms with Crippen LogP contribution in [0.2, 0.25) is 0 Å². The Labute approximate surface area is 271 Å². The molecule has 0 saturated carbocycles. The van der Waals surface area contributed by atoms with Crippen LogP contribution in [-0.2, 0) is 34.5 Å². The molecule has 4 N–H and O–H groups in total. The van der Waals surface area contributed by atoms with Crippen LogP contribution >= 0.6 is 0 Å². The molecular formula is C40H68N2O2. The van der Waals surface area contributed by atoms with Crippen LogP contribution in [0, 0.1) is 0 Å². The normalized spacial score (nSPS) is 13.2. The molecule has 0 aliphatic carbocycles. The molecule has 0 heterocycles. The van der Waals surface area contributed by atoms with E-state index < -0.39 is 0 Å². The van der Waals surface area contributed by atoms with Gasteiger partial charge in [0.2, 0.25) is 0 Å². The molecule has 0 aromatic heterocycles. The van der Waals surface area contributed by atoms with E-state index in [1.54, 1.807) is 0 Å². The highest BCUT2D eigenvalue weighted by molar-refractivity contribution is 5.51. The molecule has 44 heavy (non-hydrogen) atoms. The van der Waals surface area contributed by atoms with Crippen molar-refractivity contribution in [2.75, 3.05) is 26.2 Å². The Morgan fingerprint density at radius 2 is 0.773 bits per heavy atom. The van der Waals surface area contributed by atoms with Gasteiger partial charge >= 0.3 is 0 Å². The minimum absolute atomic E-state index is 0.108. The fourth-order valence-electron chi connectivity index (χ4n) is 6.15. The van der Waals surface area contributed by atoms with E-state index in [2.05, 4.69) is 112 Å². The Bertz CT molecular complexity index is 1030. The highest BCUT2D eigenvalue weighted by Gasteiger charge is 2.28. The van der Waals surface area contributed by atoms with E-state index in [0.717, 1.165) is 80.5 Å². The highest BCUT2D eigenvalue weighted by atomic mass is 16.3. The van der Waals surface area contributed by atoms with Gasteiger partial charge in [-0.15, -0.1) is 0 Å². The number of aryl methyl sites for hydroxylation is 2. The third-order valence-electron chi connectivity index (χ3n) is 8.88. The van der Waals surface area contributed by atoms with Crippen LogP contribution in [-0.4, -0.2) is 41.3 Å². The molecule has 2 aromatic rings. The second-order valence-electron chi connectivity index (χ2n) is 17.3. The molecule has 0 aliphatic rings. The van der Waals surface area contributed by atoms with Crippen LogP contribution in [0.4, 0.5) is 0 Å². The summed E-state index contributed by atoms with van der Waals surface area (Å²) in [5.41, 5.74) is 12.2. The van der Waals surface area contributed by atoms with Crippen LogP contribution in [0.5, 0.6) is 11.5 Å². The molecule has 2 aromatic carbocycles. The fourth-order valence-corrected chi connectivity index (χ4v) is 6.15. The summed E-state index contributed by atoms with van der Waals surface area (Å²) in [5, 5.41) is 22.3. The predicted molar refractivity (Wildman–Crippen MR) is 192 cm³/mol. The van der Waals surface area contributed by atoms with Gasteiger partial charge in [-0.05, 0) is 120 Å². The fraction of sp³-hybridized carbons (Fsp3) is 0.700. The van der Waals surface area contributed by atoms with Gasteiger partial charge in [0.05, 0.1) is 0 Å². The Morgan fingerprint density at radius 3 is 1.07 bits per heavy atom. The predicted octanol–water partition coefficient (Wildman–Crippen LogP) is 9.67. The first-order valence-corrected chi connectivity index (χ1v) is 17.3. The number of hydrogen-bond donors (Lipinski definition) is 3. The number of aromatic hydroxyl groups is 2. The summed E-state index contributed by atoms with van der Waals surface area (Å²) in [5.74, 6) is 0.928. The van der Waals surface area contributed by atoms with E-state index in [0.29, 0.717) is 11.5 Å². The quantitative estimate of drug-likeness (QED) is 0.187. The van der Waals surface area contributed by atoms with E-state index in [4.69, 9.17) is 5.73 Å². The standard InChI is InChI=1S/C40H68N2O2/c1-37(2,3)31-25-29(26-32(35(31)43)38(4,5)6)19-17-23-42(22-16-14-13-15-21-41)24-18-20-30-27-33(39(7,8)9)36(44)34(28-30)40(10,11)12/h25-28,43-44H,13-24,41H2,1-12H3. The summed E-state index contributed by atoms with van der Waals surface area (Å²) in [6.07, 6.45) is 8.99. The zero-order valence-electron chi connectivity index (χ0n) is 30.7. The molecular weight excluding hydrogens is 540 g/mol. The van der Waals surface area contributed by atoms with Gasteiger partial charge in [0.1, 0.15) is 11.5 Å². The van der Waals surface area contributed by atoms with Gasteiger partial charge in [-0.25, -0.2) is 0 Å². The van der Waals surface area contributed by atoms with E-state index in [1.165, 1.54) is 30.4 Å². The van der Waals surface area contributed by atoms with Gasteiger partial charge in [0.25, 0.3) is 0 Å². The average Bonchev–Trinajstić information content (AvgIpc) is 2.87. The maximum atomic E-state index is 11.2. The summed E-state index contributed by atoms with van der Waals surface area (Å²) < 4.78 is 0. The van der Waals surface area contributed by atoms with E-state index in [9.17, 15) is 10.2 Å². The van der Waals surface area contributed by atoms with Gasteiger partial charge < -0.3 is 20.8 Å². The smallest absolute Gasteiger partial charge is 0.123 e. The lowest BCUT2D eigenvalue weighted by molar-refractivity contribution is 0.260. The second-order valence-corrected chi connectivity index (χ2v) is 17.3. The number of phenols is 2. The van der Waals surface area contributed by atoms with Gasteiger partial charge in [0.15, 0.2) is 0 Å². The van der Waals surface area contributed by atoms with Crippen LogP contribution in [0.25, 0.3) is 0 Å². The Hall–Kier alpha value is -2.04. The summed E-state index contributed by atoms with van der Waals surface area (Å²) in [6, 6.07) is 8.97. The molecule has 0 saturated heterocycles. The lowest BCUT2D eigenvalue weighted by atomic mass is 9.78. The Morgan fingerprint density at radius 1 is 0.477 bits per heavy atom. The molecule has 0 aliphatic heterocycles. The number of phenolic OH excluding ortho intramolecular Hbond substituents is 2. The monoisotopic (exact) mass is 609 g/mol. The minimum Gasteiger partial charge on any atom is -0.507 e. The van der Waals surface area contributed by atoms with Crippen molar-refractivity contribution < 1.29 is 10.2 Å². The number of nitrogens with zero attached hydrogens (tertiary/aromatic N) is 1. The molecule has 0 amide bonds. The molecule has 0 unspecified atom stereocenters. The van der Waals surface area contributed by atoms with E-state index >= 15 is 0 Å². The largest absolute Gasteiger partial charge is 0.507 e. The van der Waals surface area contributed by atoms with Gasteiger partial charge in [-0.3, -0.25) is 0 Å². The lowest BCUT2D eigenvalue weighted by Crippen LogP contribution is -2.28. The van der Waals surface area contributed by atoms with Crippen LogP contribution < -0.4 is 5.73 Å². The second kappa shape index (κ2) is 15.5. The first-order valence-electron chi connectivity index (χ1n) is 17.3. The highest BCUT2D eigenvalue weighted by Crippen LogP contribution is 2.41. The van der Waals surface area contributed by atoms with Crippen molar-refractivity contribution in [2.45, 2.75) is 156 Å². The maximum Gasteiger partial charge on any atom is 0.123 e. The Kier molecular flexibility index (Phi) is 13.4. The van der Waals surface area contributed by atoms with Crippen molar-refractivity contribution >= 4 is 0 Å². The molecule has 250 valence electrons. The lowest BCUT2D eigenvalue weighted by Gasteiger charge is -2.29.